The average molecular weight is 264 g/mol. The van der Waals surface area contributed by atoms with Crippen molar-refractivity contribution in [1.82, 2.24) is 10.2 Å². The molecule has 0 aromatic heterocycles. The molecule has 2 N–H and O–H groups in total. The standard InChI is InChI=1S/C10H20N2O4S/c1-8(9(13)14)7-12(2)10(15)11-5-4-6-17(3)16/h8H,4-7H2,1-3H3,(H,11,15)(H,13,14). The van der Waals surface area contributed by atoms with Gasteiger partial charge in [-0.15, -0.1) is 0 Å². The summed E-state index contributed by atoms with van der Waals surface area (Å²) in [6, 6.07) is -0.306. The maximum Gasteiger partial charge on any atom is 0.317 e. The van der Waals surface area contributed by atoms with E-state index in [4.69, 9.17) is 5.11 Å². The summed E-state index contributed by atoms with van der Waals surface area (Å²) in [7, 11) is 0.699. The van der Waals surface area contributed by atoms with Crippen molar-refractivity contribution in [2.75, 3.05) is 32.1 Å². The fraction of sp³-hybridized carbons (Fsp3) is 0.800. The van der Waals surface area contributed by atoms with Gasteiger partial charge in [0.05, 0.1) is 5.92 Å². The van der Waals surface area contributed by atoms with Crippen molar-refractivity contribution in [3.05, 3.63) is 0 Å². The summed E-state index contributed by atoms with van der Waals surface area (Å²) in [6.07, 6.45) is 2.26. The first-order valence-electron chi connectivity index (χ1n) is 5.36. The fourth-order valence-corrected chi connectivity index (χ4v) is 1.73. The minimum atomic E-state index is -0.925. The zero-order chi connectivity index (χ0) is 13.4. The van der Waals surface area contributed by atoms with E-state index in [0.29, 0.717) is 18.7 Å². The van der Waals surface area contributed by atoms with Crippen LogP contribution in [0.4, 0.5) is 4.79 Å². The van der Waals surface area contributed by atoms with Gasteiger partial charge in [0.25, 0.3) is 0 Å². The first-order valence-corrected chi connectivity index (χ1v) is 7.09. The number of nitrogens with one attached hydrogen (secondary N) is 1. The Balaban J connectivity index is 3.82. The average Bonchev–Trinajstić information content (AvgIpc) is 2.23. The summed E-state index contributed by atoms with van der Waals surface area (Å²) in [5.41, 5.74) is 0. The number of carboxylic acids is 1. The van der Waals surface area contributed by atoms with E-state index in [2.05, 4.69) is 5.32 Å². The molecule has 7 heteroatoms. The van der Waals surface area contributed by atoms with Crippen molar-refractivity contribution < 1.29 is 18.9 Å². The Labute approximate surface area is 104 Å². The topological polar surface area (TPSA) is 86.7 Å². The normalized spacial score (nSPS) is 13.8. The molecule has 17 heavy (non-hydrogen) atoms. The molecule has 0 aliphatic rings. The number of aliphatic carboxylic acids is 1. The summed E-state index contributed by atoms with van der Waals surface area (Å²) in [4.78, 5) is 23.4. The summed E-state index contributed by atoms with van der Waals surface area (Å²) in [5.74, 6) is -0.963. The Morgan fingerprint density at radius 1 is 1.47 bits per heavy atom. The number of urea groups is 1. The van der Waals surface area contributed by atoms with E-state index in [1.807, 2.05) is 0 Å². The zero-order valence-electron chi connectivity index (χ0n) is 10.4. The van der Waals surface area contributed by atoms with E-state index in [1.165, 1.54) is 4.90 Å². The van der Waals surface area contributed by atoms with Crippen LogP contribution >= 0.6 is 0 Å². The number of nitrogens with zero attached hydrogens (tertiary/aromatic N) is 1. The van der Waals surface area contributed by atoms with Gasteiger partial charge in [-0.05, 0) is 6.42 Å². The van der Waals surface area contributed by atoms with Gasteiger partial charge in [0, 0.05) is 42.9 Å². The molecule has 2 atom stereocenters. The van der Waals surface area contributed by atoms with Crippen LogP contribution < -0.4 is 5.32 Å². The van der Waals surface area contributed by atoms with E-state index >= 15 is 0 Å². The predicted octanol–water partition coefficient (Wildman–Crippen LogP) is 0.117. The maximum atomic E-state index is 11.5. The van der Waals surface area contributed by atoms with Crippen molar-refractivity contribution in [3.8, 4) is 0 Å². The quantitative estimate of drug-likeness (QED) is 0.639. The minimum absolute atomic E-state index is 0.168. The first kappa shape index (κ1) is 15.9. The fourth-order valence-electron chi connectivity index (χ4n) is 1.18. The largest absolute Gasteiger partial charge is 0.481 e. The lowest BCUT2D eigenvalue weighted by molar-refractivity contribution is -0.141. The van der Waals surface area contributed by atoms with E-state index < -0.39 is 22.7 Å². The molecule has 100 valence electrons. The van der Waals surface area contributed by atoms with Crippen LogP contribution in [0.1, 0.15) is 13.3 Å². The molecule has 0 saturated heterocycles. The molecule has 0 radical (unpaired) electrons. The Morgan fingerprint density at radius 3 is 2.53 bits per heavy atom. The smallest absolute Gasteiger partial charge is 0.317 e. The van der Waals surface area contributed by atoms with Crippen molar-refractivity contribution in [2.45, 2.75) is 13.3 Å². The lowest BCUT2D eigenvalue weighted by Crippen LogP contribution is -2.41. The van der Waals surface area contributed by atoms with E-state index in [1.54, 1.807) is 20.2 Å². The van der Waals surface area contributed by atoms with Crippen LogP contribution in [-0.4, -0.2) is 58.4 Å². The number of hydrogen-bond acceptors (Lipinski definition) is 3. The first-order chi connectivity index (χ1) is 7.84. The van der Waals surface area contributed by atoms with Crippen LogP contribution in [0, 0.1) is 5.92 Å². The highest BCUT2D eigenvalue weighted by Gasteiger charge is 2.16. The van der Waals surface area contributed by atoms with Gasteiger partial charge in [0.15, 0.2) is 0 Å². The highest BCUT2D eigenvalue weighted by atomic mass is 32.2. The molecule has 0 spiro atoms. The lowest BCUT2D eigenvalue weighted by atomic mass is 10.2. The van der Waals surface area contributed by atoms with Crippen LogP contribution in [0.2, 0.25) is 0 Å². The van der Waals surface area contributed by atoms with Gasteiger partial charge in [-0.1, -0.05) is 6.92 Å². The van der Waals surface area contributed by atoms with Crippen molar-refractivity contribution in [1.29, 1.82) is 0 Å². The van der Waals surface area contributed by atoms with E-state index in [0.717, 1.165) is 0 Å². The Kier molecular flexibility index (Phi) is 7.53. The summed E-state index contributed by atoms with van der Waals surface area (Å²) in [6.45, 7) is 2.16. The van der Waals surface area contributed by atoms with Crippen LogP contribution in [0.5, 0.6) is 0 Å². The molecular formula is C10H20N2O4S. The zero-order valence-corrected chi connectivity index (χ0v) is 11.2. The van der Waals surface area contributed by atoms with Crippen LogP contribution in [0.3, 0.4) is 0 Å². The molecule has 0 aromatic carbocycles. The number of carbonyl (C=O) groups is 2. The summed E-state index contributed by atoms with van der Waals surface area (Å²) in [5, 5.41) is 11.3. The van der Waals surface area contributed by atoms with E-state index in [-0.39, 0.29) is 12.6 Å². The third kappa shape index (κ3) is 7.73. The molecule has 6 nitrogen and oxygen atoms in total. The molecule has 0 aliphatic heterocycles. The SMILES string of the molecule is CC(CN(C)C(=O)NCCCS(C)=O)C(=O)O. The second kappa shape index (κ2) is 8.05. The second-order valence-electron chi connectivity index (χ2n) is 3.98. The third-order valence-corrected chi connectivity index (χ3v) is 3.06. The number of rotatable bonds is 7. The predicted molar refractivity (Wildman–Crippen MR) is 66.4 cm³/mol. The molecule has 2 unspecified atom stereocenters. The van der Waals surface area contributed by atoms with Gasteiger partial charge >= 0.3 is 12.0 Å². The van der Waals surface area contributed by atoms with Crippen molar-refractivity contribution >= 4 is 22.8 Å². The Bertz CT molecular complexity index is 296. The lowest BCUT2D eigenvalue weighted by Gasteiger charge is -2.19. The molecule has 0 heterocycles. The van der Waals surface area contributed by atoms with Gasteiger partial charge in [-0.3, -0.25) is 9.00 Å². The maximum absolute atomic E-state index is 11.5. The molecule has 0 saturated carbocycles. The van der Waals surface area contributed by atoms with Crippen molar-refractivity contribution in [3.63, 3.8) is 0 Å². The molecule has 0 aliphatic carbocycles. The third-order valence-electron chi connectivity index (χ3n) is 2.20. The van der Waals surface area contributed by atoms with Crippen LogP contribution in [0.15, 0.2) is 0 Å². The molecule has 0 rings (SSSR count). The summed E-state index contributed by atoms with van der Waals surface area (Å²) < 4.78 is 10.8. The molecule has 2 amide bonds. The van der Waals surface area contributed by atoms with Gasteiger partial charge in [0.2, 0.25) is 0 Å². The van der Waals surface area contributed by atoms with Crippen LogP contribution in [-0.2, 0) is 15.6 Å². The minimum Gasteiger partial charge on any atom is -0.481 e. The number of carboxylic acid groups (broad SMARTS) is 1. The van der Waals surface area contributed by atoms with Gasteiger partial charge in [-0.25, -0.2) is 4.79 Å². The highest BCUT2D eigenvalue weighted by Crippen LogP contribution is 1.98. The molecule has 0 aromatic rings. The highest BCUT2D eigenvalue weighted by molar-refractivity contribution is 7.84. The van der Waals surface area contributed by atoms with Gasteiger partial charge < -0.3 is 15.3 Å². The summed E-state index contributed by atoms with van der Waals surface area (Å²) >= 11 is 0. The van der Waals surface area contributed by atoms with Crippen LogP contribution in [0.25, 0.3) is 0 Å². The monoisotopic (exact) mass is 264 g/mol. The molecule has 0 bridgehead atoms. The second-order valence-corrected chi connectivity index (χ2v) is 5.54. The van der Waals surface area contributed by atoms with Crippen molar-refractivity contribution in [2.24, 2.45) is 5.92 Å². The molecule has 0 fully saturated rings. The number of carbonyl (C=O) groups excluding carboxylic acids is 1. The Morgan fingerprint density at radius 2 is 2.06 bits per heavy atom. The molecular weight excluding hydrogens is 244 g/mol. The van der Waals surface area contributed by atoms with E-state index in [9.17, 15) is 13.8 Å². The Hall–Kier alpha value is -1.11. The van der Waals surface area contributed by atoms with Gasteiger partial charge in [-0.2, -0.15) is 0 Å². The number of hydrogen-bond donors (Lipinski definition) is 2. The van der Waals surface area contributed by atoms with Gasteiger partial charge in [0.1, 0.15) is 0 Å². The number of amides is 2.